The number of rotatable bonds is 6. The zero-order valence-electron chi connectivity index (χ0n) is 14.1. The van der Waals surface area contributed by atoms with E-state index < -0.39 is 0 Å². The Hall–Kier alpha value is -1.96. The first-order valence-electron chi connectivity index (χ1n) is 7.70. The molecule has 1 aromatic heterocycles. The van der Waals surface area contributed by atoms with Crippen LogP contribution in [0.3, 0.4) is 0 Å². The molecule has 1 atom stereocenters. The molecule has 1 fully saturated rings. The smallest absolute Gasteiger partial charge is 0.229 e. The van der Waals surface area contributed by atoms with Gasteiger partial charge in [-0.1, -0.05) is 5.16 Å². The van der Waals surface area contributed by atoms with Gasteiger partial charge in [-0.25, -0.2) is 0 Å². The minimum Gasteiger partial charge on any atom is -0.384 e. The van der Waals surface area contributed by atoms with Crippen molar-refractivity contribution in [3.8, 4) is 0 Å². The first kappa shape index (κ1) is 17.4. The molecule has 1 unspecified atom stereocenters. The highest BCUT2D eigenvalue weighted by Crippen LogP contribution is 2.25. The van der Waals surface area contributed by atoms with Crippen molar-refractivity contribution in [3.05, 3.63) is 11.7 Å². The molecule has 8 nitrogen and oxygen atoms in total. The number of carbonyl (C=O) groups excluding carboxylic acids is 2. The molecular formula is C15H24N4O4. The number of ether oxygens (including phenoxy) is 1. The Morgan fingerprint density at radius 1 is 1.48 bits per heavy atom. The summed E-state index contributed by atoms with van der Waals surface area (Å²) in [5.74, 6) is 0.418. The van der Waals surface area contributed by atoms with Gasteiger partial charge in [0, 0.05) is 25.6 Å². The van der Waals surface area contributed by atoms with Gasteiger partial charge < -0.3 is 19.5 Å². The summed E-state index contributed by atoms with van der Waals surface area (Å²) in [6, 6.07) is 0. The Balaban J connectivity index is 1.83. The van der Waals surface area contributed by atoms with Crippen LogP contribution in [-0.4, -0.2) is 52.7 Å². The monoisotopic (exact) mass is 324 g/mol. The molecule has 1 aliphatic heterocycles. The Bertz CT molecular complexity index is 564. The maximum atomic E-state index is 12.2. The second-order valence-electron chi connectivity index (χ2n) is 6.64. The molecule has 0 aromatic carbocycles. The third-order valence-electron chi connectivity index (χ3n) is 3.76. The summed E-state index contributed by atoms with van der Waals surface area (Å²) in [5, 5.41) is 6.57. The molecule has 2 rings (SSSR count). The van der Waals surface area contributed by atoms with Crippen molar-refractivity contribution in [2.45, 2.75) is 45.7 Å². The maximum absolute atomic E-state index is 12.2. The van der Waals surface area contributed by atoms with Crippen LogP contribution in [0.25, 0.3) is 0 Å². The molecule has 0 aliphatic carbocycles. The minimum atomic E-state index is -0.332. The van der Waals surface area contributed by atoms with Crippen molar-refractivity contribution in [2.24, 2.45) is 5.92 Å². The van der Waals surface area contributed by atoms with Crippen LogP contribution in [0.15, 0.2) is 4.52 Å². The van der Waals surface area contributed by atoms with Gasteiger partial charge in [-0.15, -0.1) is 0 Å². The number of amides is 2. The van der Waals surface area contributed by atoms with Crippen LogP contribution in [0.2, 0.25) is 0 Å². The highest BCUT2D eigenvalue weighted by Gasteiger charge is 2.39. The first-order chi connectivity index (χ1) is 10.8. The van der Waals surface area contributed by atoms with Crippen LogP contribution in [0.5, 0.6) is 0 Å². The van der Waals surface area contributed by atoms with E-state index in [1.807, 2.05) is 20.8 Å². The summed E-state index contributed by atoms with van der Waals surface area (Å²) in [7, 11) is 1.60. The molecule has 2 heterocycles. The van der Waals surface area contributed by atoms with Gasteiger partial charge >= 0.3 is 0 Å². The number of carbonyl (C=O) groups is 2. The topological polar surface area (TPSA) is 97.6 Å². The van der Waals surface area contributed by atoms with Gasteiger partial charge in [0.1, 0.15) is 0 Å². The highest BCUT2D eigenvalue weighted by molar-refractivity contribution is 5.89. The predicted molar refractivity (Wildman–Crippen MR) is 81.3 cm³/mol. The molecule has 128 valence electrons. The van der Waals surface area contributed by atoms with E-state index in [0.717, 1.165) is 0 Å². The minimum absolute atomic E-state index is 0.0130. The number of likely N-dealkylation sites (tertiary alicyclic amines) is 1. The van der Waals surface area contributed by atoms with Crippen molar-refractivity contribution < 1.29 is 18.8 Å². The fourth-order valence-corrected chi connectivity index (χ4v) is 2.49. The molecular weight excluding hydrogens is 300 g/mol. The number of nitrogens with zero attached hydrogens (tertiary/aromatic N) is 3. The second kappa shape index (κ2) is 7.08. The third kappa shape index (κ3) is 4.51. The molecule has 0 saturated carbocycles. The van der Waals surface area contributed by atoms with Crippen molar-refractivity contribution >= 4 is 11.8 Å². The SMILES string of the molecule is COCCc1nc(CNC(=O)C2CC(=O)N(C(C)(C)C)C2)no1. The average molecular weight is 324 g/mol. The highest BCUT2D eigenvalue weighted by atomic mass is 16.5. The Labute approximate surface area is 135 Å². The lowest BCUT2D eigenvalue weighted by Crippen LogP contribution is -2.43. The Morgan fingerprint density at radius 3 is 2.83 bits per heavy atom. The van der Waals surface area contributed by atoms with Crippen molar-refractivity contribution in [2.75, 3.05) is 20.3 Å². The third-order valence-corrected chi connectivity index (χ3v) is 3.76. The van der Waals surface area contributed by atoms with Gasteiger partial charge in [-0.3, -0.25) is 9.59 Å². The zero-order chi connectivity index (χ0) is 17.0. The fourth-order valence-electron chi connectivity index (χ4n) is 2.49. The van der Waals surface area contributed by atoms with E-state index in [1.54, 1.807) is 12.0 Å². The Morgan fingerprint density at radius 2 is 2.22 bits per heavy atom. The normalized spacial score (nSPS) is 18.5. The first-order valence-corrected chi connectivity index (χ1v) is 7.70. The van der Waals surface area contributed by atoms with E-state index in [-0.39, 0.29) is 36.2 Å². The number of methoxy groups -OCH3 is 1. The lowest BCUT2D eigenvalue weighted by atomic mass is 10.1. The van der Waals surface area contributed by atoms with Crippen LogP contribution in [0.1, 0.15) is 38.9 Å². The summed E-state index contributed by atoms with van der Waals surface area (Å²) in [5.41, 5.74) is -0.268. The lowest BCUT2D eigenvalue weighted by molar-refractivity contribution is -0.132. The van der Waals surface area contributed by atoms with E-state index in [4.69, 9.17) is 9.26 Å². The van der Waals surface area contributed by atoms with Crippen LogP contribution in [-0.2, 0) is 27.3 Å². The van der Waals surface area contributed by atoms with Gasteiger partial charge in [0.15, 0.2) is 5.82 Å². The van der Waals surface area contributed by atoms with E-state index in [1.165, 1.54) is 0 Å². The standard InChI is InChI=1S/C15H24N4O4/c1-15(2,3)19-9-10(7-13(19)20)14(21)16-8-11-17-12(23-18-11)5-6-22-4/h10H,5-9H2,1-4H3,(H,16,21). The van der Waals surface area contributed by atoms with Gasteiger partial charge in [0.05, 0.1) is 25.5 Å². The molecule has 1 aliphatic rings. The van der Waals surface area contributed by atoms with Crippen molar-refractivity contribution in [1.82, 2.24) is 20.4 Å². The van der Waals surface area contributed by atoms with Crippen molar-refractivity contribution in [1.29, 1.82) is 0 Å². The molecule has 23 heavy (non-hydrogen) atoms. The summed E-state index contributed by atoms with van der Waals surface area (Å²) in [6.45, 7) is 7.03. The van der Waals surface area contributed by atoms with E-state index in [2.05, 4.69) is 15.5 Å². The van der Waals surface area contributed by atoms with Crippen LogP contribution in [0.4, 0.5) is 0 Å². The molecule has 1 N–H and O–H groups in total. The lowest BCUT2D eigenvalue weighted by Gasteiger charge is -2.31. The zero-order valence-corrected chi connectivity index (χ0v) is 14.1. The summed E-state index contributed by atoms with van der Waals surface area (Å²) in [4.78, 5) is 30.1. The largest absolute Gasteiger partial charge is 0.384 e. The molecule has 1 saturated heterocycles. The number of hydrogen-bond donors (Lipinski definition) is 1. The van der Waals surface area contributed by atoms with Crippen LogP contribution in [0, 0.1) is 5.92 Å². The maximum Gasteiger partial charge on any atom is 0.229 e. The van der Waals surface area contributed by atoms with Gasteiger partial charge in [0.2, 0.25) is 17.7 Å². The van der Waals surface area contributed by atoms with E-state index >= 15 is 0 Å². The van der Waals surface area contributed by atoms with E-state index in [0.29, 0.717) is 31.3 Å². The quantitative estimate of drug-likeness (QED) is 0.819. The molecule has 1 aromatic rings. The van der Waals surface area contributed by atoms with Crippen molar-refractivity contribution in [3.63, 3.8) is 0 Å². The average Bonchev–Trinajstić information content (AvgIpc) is 3.08. The molecule has 2 amide bonds. The summed E-state index contributed by atoms with van der Waals surface area (Å²) < 4.78 is 9.98. The van der Waals surface area contributed by atoms with Crippen LogP contribution < -0.4 is 5.32 Å². The molecule has 0 spiro atoms. The van der Waals surface area contributed by atoms with Gasteiger partial charge in [0.25, 0.3) is 0 Å². The number of aromatic nitrogens is 2. The summed E-state index contributed by atoms with van der Waals surface area (Å²) in [6.07, 6.45) is 0.781. The second-order valence-corrected chi connectivity index (χ2v) is 6.64. The van der Waals surface area contributed by atoms with Gasteiger partial charge in [-0.2, -0.15) is 4.98 Å². The number of hydrogen-bond acceptors (Lipinski definition) is 6. The molecule has 0 bridgehead atoms. The fraction of sp³-hybridized carbons (Fsp3) is 0.733. The summed E-state index contributed by atoms with van der Waals surface area (Å²) >= 11 is 0. The van der Waals surface area contributed by atoms with Gasteiger partial charge in [-0.05, 0) is 20.8 Å². The number of nitrogens with one attached hydrogen (secondary N) is 1. The van der Waals surface area contributed by atoms with E-state index in [9.17, 15) is 9.59 Å². The Kier molecular flexibility index (Phi) is 5.35. The van der Waals surface area contributed by atoms with Crippen LogP contribution >= 0.6 is 0 Å². The molecule has 0 radical (unpaired) electrons. The molecule has 8 heteroatoms. The predicted octanol–water partition coefficient (Wildman–Crippen LogP) is 0.522.